The Morgan fingerprint density at radius 1 is 1.12 bits per heavy atom. The third-order valence-electron chi connectivity index (χ3n) is 7.72. The molecule has 8 nitrogen and oxygen atoms in total. The summed E-state index contributed by atoms with van der Waals surface area (Å²) in [6.07, 6.45) is 9.88. The fourth-order valence-electron chi connectivity index (χ4n) is 5.53. The van der Waals surface area contributed by atoms with Crippen molar-refractivity contribution in [1.29, 1.82) is 0 Å². The van der Waals surface area contributed by atoms with Gasteiger partial charge in [0.25, 0.3) is 0 Å². The number of thiazole rings is 1. The Morgan fingerprint density at radius 3 is 2.67 bits per heavy atom. The molecular formula is C30H41FN6O2S. The number of likely N-dealkylation sites (tertiary alicyclic amines) is 1. The van der Waals surface area contributed by atoms with E-state index < -0.39 is 0 Å². The molecule has 2 saturated heterocycles. The summed E-state index contributed by atoms with van der Waals surface area (Å²) >= 11 is 1.66. The van der Waals surface area contributed by atoms with E-state index in [0.29, 0.717) is 13.0 Å². The molecule has 3 aliphatic heterocycles. The zero-order valence-electron chi connectivity index (χ0n) is 23.6. The van der Waals surface area contributed by atoms with Gasteiger partial charge in [-0.15, -0.1) is 11.3 Å². The van der Waals surface area contributed by atoms with Gasteiger partial charge in [-0.3, -0.25) is 14.6 Å². The Bertz CT molecular complexity index is 1220. The van der Waals surface area contributed by atoms with Crippen molar-refractivity contribution in [1.82, 2.24) is 25.0 Å². The standard InChI is InChI=1S/C30H41FN6O2S/c1-3-22-17-23(19-24(31)18-22)29-26(21-36-10-5-6-11-36)40-30(34-29)33-27-20-25(7-9-32-27)37-15-13-35(14-16-37)12-8-28(38)39-4-2/h7,9,17-20,27,32H,3-6,8,10-16,21H2,1-2H3,(H,33,34). The number of carbonyl (C=O) groups is 1. The second-order valence-electron chi connectivity index (χ2n) is 10.6. The van der Waals surface area contributed by atoms with Crippen molar-refractivity contribution in [2.45, 2.75) is 52.2 Å². The van der Waals surface area contributed by atoms with Crippen LogP contribution in [0.3, 0.4) is 0 Å². The summed E-state index contributed by atoms with van der Waals surface area (Å²) < 4.78 is 19.5. The van der Waals surface area contributed by atoms with Crippen LogP contribution < -0.4 is 10.6 Å². The van der Waals surface area contributed by atoms with E-state index >= 15 is 0 Å². The Balaban J connectivity index is 1.25. The van der Waals surface area contributed by atoms with Gasteiger partial charge in [0.1, 0.15) is 12.0 Å². The van der Waals surface area contributed by atoms with Gasteiger partial charge in [0.15, 0.2) is 5.13 Å². The molecule has 4 heterocycles. The molecule has 10 heteroatoms. The van der Waals surface area contributed by atoms with Gasteiger partial charge in [-0.1, -0.05) is 6.92 Å². The third-order valence-corrected chi connectivity index (χ3v) is 8.70. The van der Waals surface area contributed by atoms with Crippen molar-refractivity contribution in [3.63, 3.8) is 0 Å². The summed E-state index contributed by atoms with van der Waals surface area (Å²) in [4.78, 5) is 25.0. The quantitative estimate of drug-likeness (QED) is 0.386. The number of allylic oxidation sites excluding steroid dienone is 1. The van der Waals surface area contributed by atoms with E-state index in [2.05, 4.69) is 43.6 Å². The van der Waals surface area contributed by atoms with Crippen LogP contribution in [0.5, 0.6) is 0 Å². The summed E-state index contributed by atoms with van der Waals surface area (Å²) in [5, 5.41) is 7.80. The first kappa shape index (κ1) is 28.6. The smallest absolute Gasteiger partial charge is 0.307 e. The Morgan fingerprint density at radius 2 is 1.93 bits per heavy atom. The lowest BCUT2D eigenvalue weighted by molar-refractivity contribution is -0.143. The molecule has 216 valence electrons. The van der Waals surface area contributed by atoms with Crippen LogP contribution in [0, 0.1) is 5.82 Å². The maximum Gasteiger partial charge on any atom is 0.307 e. The van der Waals surface area contributed by atoms with Gasteiger partial charge >= 0.3 is 5.97 Å². The predicted octanol–water partition coefficient (Wildman–Crippen LogP) is 4.42. The Hall–Kier alpha value is -2.95. The molecule has 3 aliphatic rings. The van der Waals surface area contributed by atoms with Crippen molar-refractivity contribution in [2.75, 3.05) is 57.7 Å². The third kappa shape index (κ3) is 7.41. The number of aryl methyl sites for hydroxylation is 1. The number of rotatable bonds is 11. The molecule has 2 fully saturated rings. The highest BCUT2D eigenvalue weighted by Gasteiger charge is 2.23. The number of halogens is 1. The number of ether oxygens (including phenoxy) is 1. The van der Waals surface area contributed by atoms with Gasteiger partial charge in [0.05, 0.1) is 18.7 Å². The van der Waals surface area contributed by atoms with Crippen LogP contribution in [-0.4, -0.2) is 84.2 Å². The van der Waals surface area contributed by atoms with Crippen LogP contribution in [0.25, 0.3) is 11.3 Å². The number of carbonyl (C=O) groups excluding carboxylic acids is 1. The van der Waals surface area contributed by atoms with Gasteiger partial charge in [-0.2, -0.15) is 0 Å². The molecular weight excluding hydrogens is 527 g/mol. The second kappa shape index (κ2) is 13.6. The molecule has 0 radical (unpaired) electrons. The van der Waals surface area contributed by atoms with Crippen LogP contribution in [0.1, 0.15) is 43.6 Å². The van der Waals surface area contributed by atoms with Crippen molar-refractivity contribution in [3.8, 4) is 11.3 Å². The monoisotopic (exact) mass is 568 g/mol. The van der Waals surface area contributed by atoms with Crippen LogP contribution in [0.2, 0.25) is 0 Å². The van der Waals surface area contributed by atoms with Gasteiger partial charge in [0.2, 0.25) is 0 Å². The number of esters is 1. The maximum absolute atomic E-state index is 14.5. The zero-order valence-corrected chi connectivity index (χ0v) is 24.4. The lowest BCUT2D eigenvalue weighted by atomic mass is 10.1. The van der Waals surface area contributed by atoms with E-state index in [-0.39, 0.29) is 18.0 Å². The highest BCUT2D eigenvalue weighted by molar-refractivity contribution is 7.16. The fourth-order valence-corrected chi connectivity index (χ4v) is 6.60. The molecule has 0 bridgehead atoms. The normalized spacial score (nSPS) is 19.9. The van der Waals surface area contributed by atoms with Crippen LogP contribution in [0.4, 0.5) is 9.52 Å². The molecule has 1 atom stereocenters. The maximum atomic E-state index is 14.5. The summed E-state index contributed by atoms with van der Waals surface area (Å²) in [5.41, 5.74) is 3.89. The molecule has 0 aliphatic carbocycles. The van der Waals surface area contributed by atoms with Crippen LogP contribution in [-0.2, 0) is 22.5 Å². The summed E-state index contributed by atoms with van der Waals surface area (Å²) in [5.74, 6) is -0.336. The molecule has 0 saturated carbocycles. The zero-order chi connectivity index (χ0) is 27.9. The number of nitrogens with zero attached hydrogens (tertiary/aromatic N) is 4. The molecule has 1 aromatic carbocycles. The van der Waals surface area contributed by atoms with Gasteiger partial charge in [-0.25, -0.2) is 9.37 Å². The van der Waals surface area contributed by atoms with Crippen molar-refractivity contribution >= 4 is 22.4 Å². The highest BCUT2D eigenvalue weighted by Crippen LogP contribution is 2.34. The number of anilines is 1. The van der Waals surface area contributed by atoms with Gasteiger partial charge in [0, 0.05) is 61.6 Å². The van der Waals surface area contributed by atoms with Crippen LogP contribution >= 0.6 is 11.3 Å². The number of nitrogens with one attached hydrogen (secondary N) is 2. The Kier molecular flexibility index (Phi) is 9.72. The number of hydrogen-bond acceptors (Lipinski definition) is 9. The minimum absolute atomic E-state index is 0.0980. The van der Waals surface area contributed by atoms with Gasteiger partial charge < -0.3 is 20.3 Å². The van der Waals surface area contributed by atoms with Crippen molar-refractivity contribution in [3.05, 3.63) is 58.5 Å². The number of piperazine rings is 1. The number of benzene rings is 1. The Labute approximate surface area is 240 Å². The molecule has 0 amide bonds. The van der Waals surface area contributed by atoms with E-state index in [1.54, 1.807) is 23.5 Å². The molecule has 2 N–H and O–H groups in total. The van der Waals surface area contributed by atoms with E-state index in [4.69, 9.17) is 9.72 Å². The van der Waals surface area contributed by atoms with Crippen molar-refractivity contribution in [2.24, 2.45) is 0 Å². The molecule has 1 unspecified atom stereocenters. The summed E-state index contributed by atoms with van der Waals surface area (Å²) in [6, 6.07) is 5.29. The number of hydrogen-bond donors (Lipinski definition) is 2. The predicted molar refractivity (Wildman–Crippen MR) is 158 cm³/mol. The minimum Gasteiger partial charge on any atom is -0.466 e. The second-order valence-corrected chi connectivity index (χ2v) is 11.7. The number of aromatic nitrogens is 1. The largest absolute Gasteiger partial charge is 0.466 e. The minimum atomic E-state index is -0.211. The molecule has 1 aromatic heterocycles. The first-order chi connectivity index (χ1) is 19.5. The fraction of sp³-hybridized carbons (Fsp3) is 0.533. The SMILES string of the molecule is CCOC(=O)CCN1CCN(C2=CC(Nc3nc(-c4cc(F)cc(CC)c4)c(CN4CCCC4)s3)NC=C2)CC1. The lowest BCUT2D eigenvalue weighted by Gasteiger charge is -2.37. The topological polar surface area (TPSA) is 73.0 Å². The molecule has 2 aromatic rings. The summed E-state index contributed by atoms with van der Waals surface area (Å²) in [7, 11) is 0. The lowest BCUT2D eigenvalue weighted by Crippen LogP contribution is -2.47. The first-order valence-electron chi connectivity index (χ1n) is 14.6. The van der Waals surface area contributed by atoms with Gasteiger partial charge in [-0.05, 0) is 75.2 Å². The van der Waals surface area contributed by atoms with Crippen molar-refractivity contribution < 1.29 is 13.9 Å². The molecule has 5 rings (SSSR count). The first-order valence-corrected chi connectivity index (χ1v) is 15.4. The van der Waals surface area contributed by atoms with E-state index in [9.17, 15) is 9.18 Å². The van der Waals surface area contributed by atoms with Crippen LogP contribution in [0.15, 0.2) is 42.2 Å². The average molecular weight is 569 g/mol. The summed E-state index contributed by atoms with van der Waals surface area (Å²) in [6.45, 7) is 11.7. The highest BCUT2D eigenvalue weighted by atomic mass is 32.1. The number of dihydropyridines is 1. The van der Waals surface area contributed by atoms with E-state index in [1.807, 2.05) is 20.0 Å². The molecule has 40 heavy (non-hydrogen) atoms. The average Bonchev–Trinajstić information content (AvgIpc) is 3.62. The van der Waals surface area contributed by atoms with E-state index in [0.717, 1.165) is 80.7 Å². The van der Waals surface area contributed by atoms with E-state index in [1.165, 1.54) is 23.4 Å². The molecule has 0 spiro atoms.